The summed E-state index contributed by atoms with van der Waals surface area (Å²) in [7, 11) is 0.00360. The Balaban J connectivity index is 2.33. The molecule has 2 rings (SSSR count). The molecule has 7 heteroatoms. The number of aryl methyl sites for hydroxylation is 1. The topological polar surface area (TPSA) is 82.8 Å². The molecule has 1 heterocycles. The van der Waals surface area contributed by atoms with Gasteiger partial charge in [0.1, 0.15) is 23.0 Å². The zero-order valence-electron chi connectivity index (χ0n) is 12.1. The van der Waals surface area contributed by atoms with Gasteiger partial charge in [-0.05, 0) is 25.1 Å². The van der Waals surface area contributed by atoms with E-state index in [1.54, 1.807) is 25.1 Å². The van der Waals surface area contributed by atoms with Gasteiger partial charge >= 0.3 is 0 Å². The smallest absolute Gasteiger partial charge is 0.265 e. The molecular formula is C14H18N2O4S. The third-order valence-corrected chi connectivity index (χ3v) is 4.47. The van der Waals surface area contributed by atoms with Crippen LogP contribution in [0.3, 0.4) is 0 Å². The van der Waals surface area contributed by atoms with Crippen LogP contribution < -0.4 is 9.62 Å². The van der Waals surface area contributed by atoms with Gasteiger partial charge < -0.3 is 14.4 Å². The fourth-order valence-corrected chi connectivity index (χ4v) is 3.18. The van der Waals surface area contributed by atoms with Crippen LogP contribution >= 0.6 is 0 Å². The molecule has 0 bridgehead atoms. The van der Waals surface area contributed by atoms with E-state index in [4.69, 9.17) is 9.52 Å². The van der Waals surface area contributed by atoms with Crippen molar-refractivity contribution in [2.24, 2.45) is 0 Å². The molecule has 0 atom stereocenters. The quantitative estimate of drug-likeness (QED) is 0.882. The molecule has 0 fully saturated rings. The third kappa shape index (κ3) is 3.37. The van der Waals surface area contributed by atoms with Crippen LogP contribution in [0, 0.1) is 6.92 Å². The molecule has 114 valence electrons. The summed E-state index contributed by atoms with van der Waals surface area (Å²) in [5.41, 5.74) is 1.35. The molecule has 2 N–H and O–H groups in total. The van der Waals surface area contributed by atoms with Crippen molar-refractivity contribution in [3.05, 3.63) is 41.9 Å². The molecule has 1 aromatic carbocycles. The second kappa shape index (κ2) is 5.79. The first-order valence-electron chi connectivity index (χ1n) is 6.34. The van der Waals surface area contributed by atoms with E-state index in [2.05, 4.69) is 4.72 Å². The highest BCUT2D eigenvalue weighted by molar-refractivity contribution is 7.92. The van der Waals surface area contributed by atoms with Gasteiger partial charge in [-0.1, -0.05) is 6.07 Å². The summed E-state index contributed by atoms with van der Waals surface area (Å²) in [5.74, 6) is 0.463. The molecule has 21 heavy (non-hydrogen) atoms. The average molecular weight is 310 g/mol. The summed E-state index contributed by atoms with van der Waals surface area (Å²) in [5, 5.41) is 9.01. The molecule has 0 aliphatic heterocycles. The summed E-state index contributed by atoms with van der Waals surface area (Å²) in [6.07, 6.45) is 0. The molecule has 0 saturated heterocycles. The Labute approximate surface area is 124 Å². The number of rotatable bonds is 5. The van der Waals surface area contributed by atoms with E-state index < -0.39 is 10.0 Å². The van der Waals surface area contributed by atoms with E-state index >= 15 is 0 Å². The average Bonchev–Trinajstić information content (AvgIpc) is 2.80. The first-order valence-corrected chi connectivity index (χ1v) is 7.82. The van der Waals surface area contributed by atoms with Gasteiger partial charge in [0.05, 0.1) is 5.69 Å². The molecule has 0 radical (unpaired) electrons. The van der Waals surface area contributed by atoms with E-state index in [1.807, 2.05) is 25.1 Å². The molecule has 0 aliphatic carbocycles. The van der Waals surface area contributed by atoms with Gasteiger partial charge in [-0.2, -0.15) is 0 Å². The van der Waals surface area contributed by atoms with Gasteiger partial charge in [0.15, 0.2) is 0 Å². The van der Waals surface area contributed by atoms with Crippen molar-refractivity contribution in [3.63, 3.8) is 0 Å². The van der Waals surface area contributed by atoms with Gasteiger partial charge in [0, 0.05) is 25.8 Å². The fourth-order valence-electron chi connectivity index (χ4n) is 1.93. The highest BCUT2D eigenvalue weighted by Gasteiger charge is 2.21. The Kier molecular flexibility index (Phi) is 4.24. The number of benzene rings is 1. The second-order valence-electron chi connectivity index (χ2n) is 4.84. The lowest BCUT2D eigenvalue weighted by Crippen LogP contribution is -2.14. The zero-order valence-corrected chi connectivity index (χ0v) is 12.9. The van der Waals surface area contributed by atoms with Crippen molar-refractivity contribution in [3.8, 4) is 0 Å². The van der Waals surface area contributed by atoms with Crippen LogP contribution in [0.5, 0.6) is 0 Å². The van der Waals surface area contributed by atoms with Crippen molar-refractivity contribution in [1.82, 2.24) is 0 Å². The van der Waals surface area contributed by atoms with Crippen molar-refractivity contribution >= 4 is 21.4 Å². The van der Waals surface area contributed by atoms with Crippen molar-refractivity contribution < 1.29 is 17.9 Å². The van der Waals surface area contributed by atoms with Crippen LogP contribution in [0.25, 0.3) is 0 Å². The third-order valence-electron chi connectivity index (χ3n) is 2.98. The predicted octanol–water partition coefficient (Wildman–Crippen LogP) is 1.95. The van der Waals surface area contributed by atoms with E-state index in [9.17, 15) is 8.42 Å². The largest absolute Gasteiger partial charge is 0.462 e. The van der Waals surface area contributed by atoms with Crippen LogP contribution in [0.2, 0.25) is 0 Å². The summed E-state index contributed by atoms with van der Waals surface area (Å²) in [6, 6.07) is 8.39. The molecular weight excluding hydrogens is 292 g/mol. The standard InChI is InChI=1S/C14H18N2O4S/c1-10-14(8-13(9-17)20-10)21(18,19)15-11-5-4-6-12(7-11)16(2)3/h4-8,15,17H,9H2,1-3H3. The molecule has 2 aromatic rings. The zero-order chi connectivity index (χ0) is 15.6. The number of hydrogen-bond donors (Lipinski definition) is 2. The fraction of sp³-hybridized carbons (Fsp3) is 0.286. The van der Waals surface area contributed by atoms with Crippen molar-refractivity contribution in [1.29, 1.82) is 0 Å². The Morgan fingerprint density at radius 2 is 2.00 bits per heavy atom. The monoisotopic (exact) mass is 310 g/mol. The van der Waals surface area contributed by atoms with Gasteiger partial charge in [-0.25, -0.2) is 8.42 Å². The highest BCUT2D eigenvalue weighted by Crippen LogP contribution is 2.24. The van der Waals surface area contributed by atoms with Crippen LogP contribution in [0.4, 0.5) is 11.4 Å². The molecule has 0 aliphatic rings. The lowest BCUT2D eigenvalue weighted by molar-refractivity contribution is 0.245. The maximum absolute atomic E-state index is 12.4. The van der Waals surface area contributed by atoms with Crippen LogP contribution in [0.15, 0.2) is 39.6 Å². The van der Waals surface area contributed by atoms with E-state index in [-0.39, 0.29) is 23.0 Å². The number of hydrogen-bond acceptors (Lipinski definition) is 5. The Bertz CT molecular complexity index is 735. The first kappa shape index (κ1) is 15.4. The predicted molar refractivity (Wildman–Crippen MR) is 80.9 cm³/mol. The number of furan rings is 1. The van der Waals surface area contributed by atoms with E-state index in [1.165, 1.54) is 6.07 Å². The maximum atomic E-state index is 12.4. The number of sulfonamides is 1. The number of nitrogens with zero attached hydrogens (tertiary/aromatic N) is 1. The number of anilines is 2. The van der Waals surface area contributed by atoms with Crippen molar-refractivity contribution in [2.75, 3.05) is 23.7 Å². The number of aliphatic hydroxyl groups is 1. The molecule has 6 nitrogen and oxygen atoms in total. The lowest BCUT2D eigenvalue weighted by Gasteiger charge is -2.14. The lowest BCUT2D eigenvalue weighted by atomic mass is 10.3. The summed E-state index contributed by atoms with van der Waals surface area (Å²) in [6.45, 7) is 1.20. The Morgan fingerprint density at radius 1 is 1.29 bits per heavy atom. The minimum absolute atomic E-state index is 0.0295. The SMILES string of the molecule is Cc1oc(CO)cc1S(=O)(=O)Nc1cccc(N(C)C)c1. The summed E-state index contributed by atoms with van der Waals surface area (Å²) < 4.78 is 32.4. The van der Waals surface area contributed by atoms with E-state index in [0.717, 1.165) is 5.69 Å². The number of nitrogens with one attached hydrogen (secondary N) is 1. The van der Waals surface area contributed by atoms with Gasteiger partial charge in [-0.15, -0.1) is 0 Å². The molecule has 1 aromatic heterocycles. The Hall–Kier alpha value is -1.99. The van der Waals surface area contributed by atoms with E-state index in [0.29, 0.717) is 5.69 Å². The van der Waals surface area contributed by atoms with Crippen molar-refractivity contribution in [2.45, 2.75) is 18.4 Å². The molecule has 0 saturated carbocycles. The highest BCUT2D eigenvalue weighted by atomic mass is 32.2. The number of aliphatic hydroxyl groups excluding tert-OH is 1. The van der Waals surface area contributed by atoms with Crippen LogP contribution in [-0.4, -0.2) is 27.6 Å². The molecule has 0 amide bonds. The molecule has 0 unspecified atom stereocenters. The Morgan fingerprint density at radius 3 is 2.57 bits per heavy atom. The van der Waals surface area contributed by atoms with Crippen LogP contribution in [-0.2, 0) is 16.6 Å². The maximum Gasteiger partial charge on any atom is 0.265 e. The molecule has 0 spiro atoms. The minimum Gasteiger partial charge on any atom is -0.462 e. The summed E-state index contributed by atoms with van der Waals surface area (Å²) in [4.78, 5) is 1.91. The van der Waals surface area contributed by atoms with Gasteiger partial charge in [0.25, 0.3) is 10.0 Å². The normalized spacial score (nSPS) is 11.4. The first-order chi connectivity index (χ1) is 9.83. The minimum atomic E-state index is -3.75. The van der Waals surface area contributed by atoms with Gasteiger partial charge in [0.2, 0.25) is 0 Å². The summed E-state index contributed by atoms with van der Waals surface area (Å²) >= 11 is 0. The second-order valence-corrected chi connectivity index (χ2v) is 6.49. The van der Waals surface area contributed by atoms with Crippen LogP contribution in [0.1, 0.15) is 11.5 Å². The van der Waals surface area contributed by atoms with Gasteiger partial charge in [-0.3, -0.25) is 4.72 Å².